The topological polar surface area (TPSA) is 107 Å². The van der Waals surface area contributed by atoms with E-state index in [1.807, 2.05) is 65.5 Å². The number of carbonyl (C=O) groups is 1. The van der Waals surface area contributed by atoms with Crippen LogP contribution in [0.5, 0.6) is 0 Å². The Labute approximate surface area is 287 Å². The molecule has 250 valence electrons. The number of hydrogen-bond acceptors (Lipinski definition) is 7. The average Bonchev–Trinajstić information content (AvgIpc) is 3.65. The van der Waals surface area contributed by atoms with Crippen LogP contribution >= 0.6 is 0 Å². The number of rotatable bonds is 8. The van der Waals surface area contributed by atoms with Gasteiger partial charge in [0.15, 0.2) is 5.65 Å². The molecule has 0 saturated heterocycles. The van der Waals surface area contributed by atoms with Crippen LogP contribution in [0.25, 0.3) is 28.1 Å². The Hall–Kier alpha value is -5.25. The van der Waals surface area contributed by atoms with Gasteiger partial charge in [0.2, 0.25) is 5.65 Å². The van der Waals surface area contributed by atoms with Gasteiger partial charge in [-0.1, -0.05) is 67.1 Å². The SMILES string of the molecule is C=C(C1=C\C=C\C=C(c2ccc(C(=O)N3CCC=C(CC)CC3)cc2)/C=N\1)C1CCCC(Cn2nnc3ncc(-c4cnn(C)c4)nc32)C1. The molecule has 10 heteroatoms. The van der Waals surface area contributed by atoms with E-state index in [2.05, 4.69) is 52.1 Å². The molecule has 1 fully saturated rings. The fourth-order valence-electron chi connectivity index (χ4n) is 7.12. The number of nitrogens with zero attached hydrogens (tertiary/aromatic N) is 9. The van der Waals surface area contributed by atoms with Gasteiger partial charge in [0.1, 0.15) is 0 Å². The molecule has 1 aliphatic carbocycles. The molecule has 1 amide bonds. The Bertz CT molecular complexity index is 2010. The minimum absolute atomic E-state index is 0.101. The first-order valence-electron chi connectivity index (χ1n) is 17.4. The van der Waals surface area contributed by atoms with E-state index in [1.165, 1.54) is 5.57 Å². The monoisotopic (exact) mass is 653 g/mol. The molecule has 5 heterocycles. The second-order valence-corrected chi connectivity index (χ2v) is 13.3. The summed E-state index contributed by atoms with van der Waals surface area (Å²) in [6.07, 6.45) is 25.1. The van der Waals surface area contributed by atoms with Gasteiger partial charge in [-0.05, 0) is 85.3 Å². The van der Waals surface area contributed by atoms with Crippen molar-refractivity contribution in [3.63, 3.8) is 0 Å². The van der Waals surface area contributed by atoms with Gasteiger partial charge in [0, 0.05) is 50.2 Å². The van der Waals surface area contributed by atoms with Gasteiger partial charge >= 0.3 is 0 Å². The van der Waals surface area contributed by atoms with Crippen LogP contribution in [0.15, 0.2) is 102 Å². The van der Waals surface area contributed by atoms with E-state index >= 15 is 0 Å². The lowest BCUT2D eigenvalue weighted by Crippen LogP contribution is -2.32. The fourth-order valence-corrected chi connectivity index (χ4v) is 7.12. The number of aliphatic imine (C=N–C) groups is 1. The Morgan fingerprint density at radius 1 is 1.04 bits per heavy atom. The van der Waals surface area contributed by atoms with Crippen molar-refractivity contribution in [2.45, 2.75) is 58.4 Å². The largest absolute Gasteiger partial charge is 0.338 e. The summed E-state index contributed by atoms with van der Waals surface area (Å²) < 4.78 is 3.66. The Morgan fingerprint density at radius 3 is 2.71 bits per heavy atom. The number of carbonyl (C=O) groups excluding carboxylic acids is 1. The molecule has 0 spiro atoms. The second kappa shape index (κ2) is 14.5. The predicted molar refractivity (Wildman–Crippen MR) is 194 cm³/mol. The molecule has 10 nitrogen and oxygen atoms in total. The molecule has 1 aromatic carbocycles. The minimum atomic E-state index is 0.101. The van der Waals surface area contributed by atoms with E-state index in [-0.39, 0.29) is 5.91 Å². The summed E-state index contributed by atoms with van der Waals surface area (Å²) >= 11 is 0. The van der Waals surface area contributed by atoms with Gasteiger partial charge in [-0.2, -0.15) is 5.10 Å². The summed E-state index contributed by atoms with van der Waals surface area (Å²) in [6.45, 7) is 9.01. The third-order valence-electron chi connectivity index (χ3n) is 9.99. The highest BCUT2D eigenvalue weighted by molar-refractivity contribution is 6.11. The van der Waals surface area contributed by atoms with Crippen LogP contribution in [-0.2, 0) is 13.6 Å². The Morgan fingerprint density at radius 2 is 1.90 bits per heavy atom. The predicted octanol–water partition coefficient (Wildman–Crippen LogP) is 7.16. The van der Waals surface area contributed by atoms with Crippen LogP contribution in [0, 0.1) is 11.8 Å². The highest BCUT2D eigenvalue weighted by atomic mass is 16.2. The van der Waals surface area contributed by atoms with Crippen LogP contribution in [0.4, 0.5) is 0 Å². The van der Waals surface area contributed by atoms with E-state index in [0.717, 1.165) is 104 Å². The molecular weight excluding hydrogens is 610 g/mol. The van der Waals surface area contributed by atoms with Crippen LogP contribution in [0.3, 0.4) is 0 Å². The zero-order chi connectivity index (χ0) is 33.7. The maximum atomic E-state index is 13.3. The number of amides is 1. The highest BCUT2D eigenvalue weighted by Crippen LogP contribution is 2.37. The zero-order valence-corrected chi connectivity index (χ0v) is 28.4. The van der Waals surface area contributed by atoms with Crippen molar-refractivity contribution in [1.29, 1.82) is 0 Å². The normalized spacial score (nSPS) is 23.3. The first kappa shape index (κ1) is 32.3. The lowest BCUT2D eigenvalue weighted by molar-refractivity contribution is 0.0763. The minimum Gasteiger partial charge on any atom is -0.338 e. The summed E-state index contributed by atoms with van der Waals surface area (Å²) in [5.41, 5.74) is 9.07. The van der Waals surface area contributed by atoms with Crippen molar-refractivity contribution >= 4 is 29.0 Å². The molecule has 2 aliphatic heterocycles. The molecule has 2 atom stereocenters. The first-order chi connectivity index (χ1) is 23.9. The van der Waals surface area contributed by atoms with Gasteiger partial charge < -0.3 is 4.90 Å². The van der Waals surface area contributed by atoms with Gasteiger partial charge in [-0.3, -0.25) is 14.5 Å². The van der Waals surface area contributed by atoms with Crippen LogP contribution < -0.4 is 0 Å². The highest BCUT2D eigenvalue weighted by Gasteiger charge is 2.27. The van der Waals surface area contributed by atoms with Crippen molar-refractivity contribution < 1.29 is 4.79 Å². The number of aromatic nitrogens is 7. The number of hydrogen-bond donors (Lipinski definition) is 0. The van der Waals surface area contributed by atoms with Crippen LogP contribution in [0.1, 0.15) is 67.8 Å². The fraction of sp³-hybridized carbons (Fsp3) is 0.359. The molecule has 4 aromatic rings. The molecule has 3 aliphatic rings. The van der Waals surface area contributed by atoms with Crippen molar-refractivity contribution in [2.75, 3.05) is 13.1 Å². The standard InChI is InChI=1S/C39H43N9O/c1-4-28-10-8-19-47(20-18-28)39(49)31-16-14-30(15-17-31)33-11-5-6-13-35(40-22-33)27(2)32-12-7-9-29(21-32)25-48-38-37(44-45-48)41-24-36(43-38)34-23-42-46(3)26-34/h5-6,10-11,13-17,22-24,26,29,32H,2,4,7-9,12,18-21,25H2,1,3H3/b6-5+,11-5?,13-6?,33-11+,33-22?,35-13+,40-22-,40-35?. The van der Waals surface area contributed by atoms with Gasteiger partial charge in [0.25, 0.3) is 5.91 Å². The van der Waals surface area contributed by atoms with Crippen molar-refractivity contribution in [3.8, 4) is 11.3 Å². The van der Waals surface area contributed by atoms with Gasteiger partial charge in [0.05, 0.1) is 23.8 Å². The molecule has 49 heavy (non-hydrogen) atoms. The lowest BCUT2D eigenvalue weighted by Gasteiger charge is -2.30. The van der Waals surface area contributed by atoms with E-state index < -0.39 is 0 Å². The number of fused-ring (bicyclic) bond motifs is 1. The maximum absolute atomic E-state index is 13.3. The second-order valence-electron chi connectivity index (χ2n) is 13.3. The summed E-state index contributed by atoms with van der Waals surface area (Å²) in [6, 6.07) is 7.93. The molecule has 0 radical (unpaired) electrons. The molecule has 0 bridgehead atoms. The lowest BCUT2D eigenvalue weighted by atomic mass is 9.77. The van der Waals surface area contributed by atoms with Crippen molar-refractivity contribution in [3.05, 3.63) is 108 Å². The summed E-state index contributed by atoms with van der Waals surface area (Å²) in [5.74, 6) is 0.834. The van der Waals surface area contributed by atoms with E-state index in [4.69, 9.17) is 9.98 Å². The van der Waals surface area contributed by atoms with Gasteiger partial charge in [-0.15, -0.1) is 5.10 Å². The third kappa shape index (κ3) is 7.28. The van der Waals surface area contributed by atoms with E-state index in [9.17, 15) is 4.79 Å². The molecule has 1 saturated carbocycles. The van der Waals surface area contributed by atoms with Gasteiger partial charge in [-0.25, -0.2) is 14.6 Å². The van der Waals surface area contributed by atoms with E-state index in [0.29, 0.717) is 23.1 Å². The molecule has 0 N–H and O–H groups in total. The number of allylic oxidation sites excluding steroid dienone is 6. The summed E-state index contributed by atoms with van der Waals surface area (Å²) in [5, 5.41) is 13.0. The molecule has 3 aromatic heterocycles. The molecular formula is C39H43N9O. The van der Waals surface area contributed by atoms with Crippen molar-refractivity contribution in [1.82, 2.24) is 39.6 Å². The first-order valence-corrected chi connectivity index (χ1v) is 17.4. The van der Waals surface area contributed by atoms with E-state index in [1.54, 1.807) is 17.1 Å². The number of benzene rings is 1. The summed E-state index contributed by atoms with van der Waals surface area (Å²) in [4.78, 5) is 29.5. The van der Waals surface area contributed by atoms with Crippen LogP contribution in [-0.4, -0.2) is 64.9 Å². The maximum Gasteiger partial charge on any atom is 0.253 e. The number of aryl methyl sites for hydroxylation is 1. The smallest absolute Gasteiger partial charge is 0.253 e. The Kier molecular flexibility index (Phi) is 9.54. The quantitative estimate of drug-likeness (QED) is 0.187. The van der Waals surface area contributed by atoms with Crippen LogP contribution in [0.2, 0.25) is 0 Å². The molecule has 2 unspecified atom stereocenters. The Balaban J connectivity index is 0.992. The summed E-state index contributed by atoms with van der Waals surface area (Å²) in [7, 11) is 1.89. The average molecular weight is 654 g/mol. The zero-order valence-electron chi connectivity index (χ0n) is 28.4. The molecule has 7 rings (SSSR count). The third-order valence-corrected chi connectivity index (χ3v) is 9.99. The van der Waals surface area contributed by atoms with Crippen molar-refractivity contribution in [2.24, 2.45) is 23.9 Å².